The van der Waals surface area contributed by atoms with Crippen LogP contribution in [0.2, 0.25) is 0 Å². The maximum absolute atomic E-state index is 12.7. The molecule has 0 aromatic carbocycles. The molecule has 2 rings (SSSR count). The van der Waals surface area contributed by atoms with Gasteiger partial charge in [-0.2, -0.15) is 0 Å². The van der Waals surface area contributed by atoms with E-state index in [2.05, 4.69) is 20.3 Å². The molecule has 15 heavy (non-hydrogen) atoms. The average Bonchev–Trinajstić information content (AvgIpc) is 2.70. The molecular formula is C9H7FN4O. The molecule has 0 fully saturated rings. The van der Waals surface area contributed by atoms with Crippen LogP contribution >= 0.6 is 0 Å². The molecule has 0 aliphatic carbocycles. The molecule has 0 aliphatic rings. The number of rotatable bonds is 2. The van der Waals surface area contributed by atoms with Crippen LogP contribution in [-0.4, -0.2) is 20.9 Å². The van der Waals surface area contributed by atoms with Crippen LogP contribution in [0.4, 0.5) is 10.3 Å². The number of aromatic amines is 1. The Morgan fingerprint density at radius 1 is 1.47 bits per heavy atom. The first kappa shape index (κ1) is 9.32. The molecule has 2 aromatic heterocycles. The van der Waals surface area contributed by atoms with Crippen molar-refractivity contribution in [3.63, 3.8) is 0 Å². The Bertz CT molecular complexity index is 469. The number of anilines is 1. The fourth-order valence-electron chi connectivity index (χ4n) is 1.05. The van der Waals surface area contributed by atoms with Gasteiger partial charge in [0.15, 0.2) is 0 Å². The van der Waals surface area contributed by atoms with Crippen LogP contribution in [0.1, 0.15) is 10.4 Å². The number of hydrogen-bond acceptors (Lipinski definition) is 3. The molecule has 2 N–H and O–H groups in total. The van der Waals surface area contributed by atoms with Gasteiger partial charge in [0.25, 0.3) is 5.91 Å². The molecule has 2 aromatic rings. The third kappa shape index (κ3) is 2.16. The van der Waals surface area contributed by atoms with E-state index < -0.39 is 11.7 Å². The number of hydrogen-bond donors (Lipinski definition) is 2. The lowest BCUT2D eigenvalue weighted by Gasteiger charge is -2.00. The van der Waals surface area contributed by atoms with Gasteiger partial charge >= 0.3 is 0 Å². The van der Waals surface area contributed by atoms with Crippen LogP contribution in [0.3, 0.4) is 0 Å². The Morgan fingerprint density at radius 2 is 2.33 bits per heavy atom. The lowest BCUT2D eigenvalue weighted by Crippen LogP contribution is -2.13. The van der Waals surface area contributed by atoms with Crippen LogP contribution < -0.4 is 5.32 Å². The van der Waals surface area contributed by atoms with Crippen molar-refractivity contribution in [1.82, 2.24) is 15.0 Å². The van der Waals surface area contributed by atoms with Crippen LogP contribution in [0.15, 0.2) is 30.9 Å². The number of carbonyl (C=O) groups is 1. The van der Waals surface area contributed by atoms with Crippen molar-refractivity contribution >= 4 is 11.9 Å². The highest BCUT2D eigenvalue weighted by Crippen LogP contribution is 2.04. The summed E-state index contributed by atoms with van der Waals surface area (Å²) >= 11 is 0. The van der Waals surface area contributed by atoms with Crippen LogP contribution in [0.5, 0.6) is 0 Å². The summed E-state index contributed by atoms with van der Waals surface area (Å²) in [4.78, 5) is 21.6. The number of aromatic nitrogens is 3. The van der Waals surface area contributed by atoms with E-state index in [1.54, 1.807) is 6.20 Å². The Balaban J connectivity index is 2.15. The zero-order valence-corrected chi connectivity index (χ0v) is 7.57. The van der Waals surface area contributed by atoms with Gasteiger partial charge in [0, 0.05) is 18.6 Å². The van der Waals surface area contributed by atoms with E-state index in [4.69, 9.17) is 0 Å². The standard InChI is InChI=1S/C9H7FN4O/c10-7-3-6(4-11-5-7)8(15)14-9-12-1-2-13-9/h1-5H,(H2,12,13,14,15). The number of amides is 1. The average molecular weight is 206 g/mol. The van der Waals surface area contributed by atoms with Crippen LogP contribution in [0, 0.1) is 5.82 Å². The van der Waals surface area contributed by atoms with Gasteiger partial charge in [0.1, 0.15) is 5.82 Å². The van der Waals surface area contributed by atoms with Crippen molar-refractivity contribution in [1.29, 1.82) is 0 Å². The molecule has 0 radical (unpaired) electrons. The zero-order chi connectivity index (χ0) is 10.7. The van der Waals surface area contributed by atoms with E-state index in [1.807, 2.05) is 0 Å². The molecule has 0 unspecified atom stereocenters. The minimum absolute atomic E-state index is 0.145. The highest BCUT2D eigenvalue weighted by atomic mass is 19.1. The maximum atomic E-state index is 12.7. The predicted molar refractivity (Wildman–Crippen MR) is 50.7 cm³/mol. The summed E-state index contributed by atoms with van der Waals surface area (Å²) in [5.74, 6) is -0.705. The van der Waals surface area contributed by atoms with E-state index in [1.165, 1.54) is 12.4 Å². The first-order valence-electron chi connectivity index (χ1n) is 4.17. The fourth-order valence-corrected chi connectivity index (χ4v) is 1.05. The molecule has 0 atom stereocenters. The quantitative estimate of drug-likeness (QED) is 0.775. The van der Waals surface area contributed by atoms with Gasteiger partial charge in [-0.25, -0.2) is 9.37 Å². The zero-order valence-electron chi connectivity index (χ0n) is 7.57. The number of H-pyrrole nitrogens is 1. The van der Waals surface area contributed by atoms with Gasteiger partial charge in [-0.15, -0.1) is 0 Å². The van der Waals surface area contributed by atoms with E-state index in [-0.39, 0.29) is 5.56 Å². The SMILES string of the molecule is O=C(Nc1ncc[nH]1)c1cncc(F)c1. The minimum atomic E-state index is -0.554. The van der Waals surface area contributed by atoms with E-state index in [0.717, 1.165) is 12.3 Å². The lowest BCUT2D eigenvalue weighted by atomic mass is 10.2. The summed E-state index contributed by atoms with van der Waals surface area (Å²) in [6, 6.07) is 1.10. The molecule has 0 aliphatic heterocycles. The van der Waals surface area contributed by atoms with Crippen LogP contribution in [0.25, 0.3) is 0 Å². The fraction of sp³-hybridized carbons (Fsp3) is 0. The molecule has 6 heteroatoms. The Kier molecular flexibility index (Phi) is 2.40. The van der Waals surface area contributed by atoms with Crippen molar-refractivity contribution < 1.29 is 9.18 Å². The number of halogens is 1. The second kappa shape index (κ2) is 3.87. The van der Waals surface area contributed by atoms with E-state index in [0.29, 0.717) is 5.95 Å². The second-order valence-corrected chi connectivity index (χ2v) is 2.78. The third-order valence-corrected chi connectivity index (χ3v) is 1.70. The Labute approximate surface area is 84.4 Å². The van der Waals surface area contributed by atoms with Crippen molar-refractivity contribution in [3.05, 3.63) is 42.2 Å². The van der Waals surface area contributed by atoms with E-state index >= 15 is 0 Å². The highest BCUT2D eigenvalue weighted by Gasteiger charge is 2.08. The summed E-state index contributed by atoms with van der Waals surface area (Å²) in [7, 11) is 0. The summed E-state index contributed by atoms with van der Waals surface area (Å²) < 4.78 is 12.7. The van der Waals surface area contributed by atoms with Gasteiger partial charge in [-0.05, 0) is 6.07 Å². The first-order chi connectivity index (χ1) is 7.25. The molecule has 0 spiro atoms. The van der Waals surface area contributed by atoms with Crippen molar-refractivity contribution in [3.8, 4) is 0 Å². The topological polar surface area (TPSA) is 70.7 Å². The van der Waals surface area contributed by atoms with Crippen molar-refractivity contribution in [2.75, 3.05) is 5.32 Å². The van der Waals surface area contributed by atoms with Crippen molar-refractivity contribution in [2.24, 2.45) is 0 Å². The summed E-state index contributed by atoms with van der Waals surface area (Å²) in [5.41, 5.74) is 0.145. The summed E-state index contributed by atoms with van der Waals surface area (Å²) in [6.45, 7) is 0. The molecule has 0 saturated heterocycles. The number of pyridine rings is 1. The second-order valence-electron chi connectivity index (χ2n) is 2.78. The molecular weight excluding hydrogens is 199 g/mol. The van der Waals surface area contributed by atoms with Gasteiger partial charge in [0.05, 0.1) is 11.8 Å². The molecule has 5 nitrogen and oxygen atoms in total. The first-order valence-corrected chi connectivity index (χ1v) is 4.17. The minimum Gasteiger partial charge on any atom is -0.331 e. The molecule has 0 saturated carbocycles. The number of nitrogens with one attached hydrogen (secondary N) is 2. The van der Waals surface area contributed by atoms with Gasteiger partial charge in [-0.3, -0.25) is 15.1 Å². The van der Waals surface area contributed by atoms with Gasteiger partial charge in [0.2, 0.25) is 5.95 Å². The summed E-state index contributed by atoms with van der Waals surface area (Å²) in [5, 5.41) is 2.45. The predicted octanol–water partition coefficient (Wildman–Crippen LogP) is 1.20. The van der Waals surface area contributed by atoms with E-state index in [9.17, 15) is 9.18 Å². The highest BCUT2D eigenvalue weighted by molar-refractivity contribution is 6.03. The molecule has 76 valence electrons. The van der Waals surface area contributed by atoms with Crippen LogP contribution in [-0.2, 0) is 0 Å². The number of carbonyl (C=O) groups excluding carboxylic acids is 1. The van der Waals surface area contributed by atoms with Gasteiger partial charge < -0.3 is 4.98 Å². The molecule has 2 heterocycles. The number of nitrogens with zero attached hydrogens (tertiary/aromatic N) is 2. The Morgan fingerprint density at radius 3 is 3.00 bits per heavy atom. The number of imidazole rings is 1. The molecule has 1 amide bonds. The van der Waals surface area contributed by atoms with Gasteiger partial charge in [-0.1, -0.05) is 0 Å². The normalized spacial score (nSPS) is 9.93. The summed E-state index contributed by atoms with van der Waals surface area (Å²) in [6.07, 6.45) is 5.38. The molecule has 0 bridgehead atoms. The monoisotopic (exact) mass is 206 g/mol. The maximum Gasteiger partial charge on any atom is 0.259 e. The van der Waals surface area contributed by atoms with Crippen molar-refractivity contribution in [2.45, 2.75) is 0 Å². The Hall–Kier alpha value is -2.24. The largest absolute Gasteiger partial charge is 0.331 e. The lowest BCUT2D eigenvalue weighted by molar-refractivity contribution is 0.102. The smallest absolute Gasteiger partial charge is 0.259 e. The third-order valence-electron chi connectivity index (χ3n) is 1.70.